The molecular formula is C27H35N5O5. The van der Waals surface area contributed by atoms with Crippen LogP contribution in [0.3, 0.4) is 0 Å². The summed E-state index contributed by atoms with van der Waals surface area (Å²) in [6.45, 7) is 6.79. The highest BCUT2D eigenvalue weighted by Crippen LogP contribution is 2.23. The van der Waals surface area contributed by atoms with Crippen LogP contribution >= 0.6 is 0 Å². The van der Waals surface area contributed by atoms with Gasteiger partial charge < -0.3 is 9.84 Å². The van der Waals surface area contributed by atoms with Crippen LogP contribution in [0, 0.1) is 0 Å². The zero-order chi connectivity index (χ0) is 26.7. The summed E-state index contributed by atoms with van der Waals surface area (Å²) in [5.74, 6) is 0.645. The van der Waals surface area contributed by atoms with E-state index in [1.54, 1.807) is 11.7 Å². The molecule has 0 saturated carbocycles. The molecule has 0 aliphatic carbocycles. The van der Waals surface area contributed by atoms with E-state index in [2.05, 4.69) is 4.98 Å². The Hall–Kier alpha value is -3.82. The number of aromatic hydroxyl groups is 1. The van der Waals surface area contributed by atoms with Crippen molar-refractivity contribution in [1.82, 2.24) is 23.1 Å². The first kappa shape index (κ1) is 26.2. The molecule has 0 atom stereocenters. The number of rotatable bonds is 11. The van der Waals surface area contributed by atoms with Gasteiger partial charge in [0.15, 0.2) is 11.2 Å². The van der Waals surface area contributed by atoms with Crippen molar-refractivity contribution in [2.75, 3.05) is 7.11 Å². The number of imidazole rings is 1. The van der Waals surface area contributed by atoms with Gasteiger partial charge in [0.2, 0.25) is 11.7 Å². The van der Waals surface area contributed by atoms with Crippen LogP contribution in [0.25, 0.3) is 16.9 Å². The predicted molar refractivity (Wildman–Crippen MR) is 143 cm³/mol. The van der Waals surface area contributed by atoms with Gasteiger partial charge in [-0.3, -0.25) is 23.3 Å². The lowest BCUT2D eigenvalue weighted by atomic mass is 10.1. The van der Waals surface area contributed by atoms with Gasteiger partial charge in [-0.25, -0.2) is 9.20 Å². The van der Waals surface area contributed by atoms with Crippen molar-refractivity contribution < 1.29 is 9.84 Å². The molecule has 4 aromatic rings. The highest BCUT2D eigenvalue weighted by molar-refractivity contribution is 5.75. The Bertz CT molecular complexity index is 1590. The average Bonchev–Trinajstić information content (AvgIpc) is 3.30. The van der Waals surface area contributed by atoms with Gasteiger partial charge in [0.25, 0.3) is 11.1 Å². The number of aryl methyl sites for hydroxylation is 1. The molecule has 37 heavy (non-hydrogen) atoms. The van der Waals surface area contributed by atoms with E-state index in [-0.39, 0.29) is 41.5 Å². The topological polar surface area (TPSA) is 113 Å². The van der Waals surface area contributed by atoms with Crippen molar-refractivity contribution in [3.05, 3.63) is 66.6 Å². The summed E-state index contributed by atoms with van der Waals surface area (Å²) in [4.78, 5) is 45.4. The summed E-state index contributed by atoms with van der Waals surface area (Å²) < 4.78 is 10.8. The van der Waals surface area contributed by atoms with Crippen LogP contribution in [0.1, 0.15) is 64.0 Å². The fourth-order valence-corrected chi connectivity index (χ4v) is 4.65. The van der Waals surface area contributed by atoms with Crippen molar-refractivity contribution in [3.8, 4) is 11.6 Å². The number of fused-ring (bicyclic) bond motifs is 3. The van der Waals surface area contributed by atoms with Crippen LogP contribution in [0.5, 0.6) is 11.6 Å². The minimum Gasteiger partial charge on any atom is -0.497 e. The first-order valence-electron chi connectivity index (χ1n) is 13.0. The molecule has 1 aromatic carbocycles. The van der Waals surface area contributed by atoms with Crippen LogP contribution in [0.15, 0.2) is 38.6 Å². The van der Waals surface area contributed by atoms with Crippen LogP contribution < -0.4 is 21.5 Å². The smallest absolute Gasteiger partial charge is 0.332 e. The number of benzene rings is 1. The van der Waals surface area contributed by atoms with Gasteiger partial charge >= 0.3 is 5.69 Å². The van der Waals surface area contributed by atoms with Gasteiger partial charge in [-0.1, -0.05) is 52.2 Å². The lowest BCUT2D eigenvalue weighted by Gasteiger charge is -2.15. The Kier molecular flexibility index (Phi) is 7.85. The maximum absolute atomic E-state index is 13.7. The second-order valence-electron chi connectivity index (χ2n) is 9.31. The molecule has 0 aliphatic heterocycles. The number of methoxy groups -OCH3 is 1. The minimum atomic E-state index is -0.532. The molecular weight excluding hydrogens is 474 g/mol. The van der Waals surface area contributed by atoms with Crippen molar-refractivity contribution >= 4 is 16.9 Å². The third-order valence-corrected chi connectivity index (χ3v) is 6.71. The third-order valence-electron chi connectivity index (χ3n) is 6.71. The molecule has 4 rings (SSSR count). The van der Waals surface area contributed by atoms with E-state index in [1.165, 1.54) is 13.5 Å². The zero-order valence-corrected chi connectivity index (χ0v) is 22.0. The van der Waals surface area contributed by atoms with Crippen molar-refractivity contribution in [1.29, 1.82) is 0 Å². The van der Waals surface area contributed by atoms with Gasteiger partial charge in [0.05, 0.1) is 19.2 Å². The Balaban J connectivity index is 2.11. The molecule has 0 amide bonds. The molecule has 10 nitrogen and oxygen atoms in total. The predicted octanol–water partition coefficient (Wildman–Crippen LogP) is 3.29. The number of hydrogen-bond acceptors (Lipinski definition) is 6. The zero-order valence-electron chi connectivity index (χ0n) is 22.0. The first-order valence-corrected chi connectivity index (χ1v) is 13.0. The summed E-state index contributed by atoms with van der Waals surface area (Å²) in [7, 11) is 1.59. The number of unbranched alkanes of at least 4 members (excludes halogenated alkanes) is 2. The van der Waals surface area contributed by atoms with E-state index in [1.807, 2.05) is 45.0 Å². The van der Waals surface area contributed by atoms with Crippen LogP contribution in [-0.2, 0) is 26.1 Å². The van der Waals surface area contributed by atoms with E-state index < -0.39 is 16.8 Å². The first-order chi connectivity index (χ1) is 17.9. The molecule has 198 valence electrons. The van der Waals surface area contributed by atoms with Crippen LogP contribution in [-0.4, -0.2) is 35.3 Å². The minimum absolute atomic E-state index is 0.0765. The normalized spacial score (nSPS) is 11.6. The molecule has 1 N–H and O–H groups in total. The maximum Gasteiger partial charge on any atom is 0.332 e. The fourth-order valence-electron chi connectivity index (χ4n) is 4.65. The number of hydrogen-bond donors (Lipinski definition) is 1. The van der Waals surface area contributed by atoms with E-state index in [0.717, 1.165) is 24.8 Å². The Morgan fingerprint density at radius 1 is 0.865 bits per heavy atom. The van der Waals surface area contributed by atoms with Gasteiger partial charge in [0, 0.05) is 13.1 Å². The van der Waals surface area contributed by atoms with Gasteiger partial charge in [-0.05, 0) is 37.0 Å². The van der Waals surface area contributed by atoms with Crippen molar-refractivity contribution in [2.24, 2.45) is 0 Å². The Morgan fingerprint density at radius 3 is 2.11 bits per heavy atom. The summed E-state index contributed by atoms with van der Waals surface area (Å²) in [5.41, 5.74) is -0.126. The van der Waals surface area contributed by atoms with Crippen molar-refractivity contribution in [3.63, 3.8) is 0 Å². The van der Waals surface area contributed by atoms with E-state index in [4.69, 9.17) is 4.74 Å². The van der Waals surface area contributed by atoms with E-state index in [9.17, 15) is 19.5 Å². The second-order valence-corrected chi connectivity index (χ2v) is 9.31. The number of aromatic nitrogens is 5. The maximum atomic E-state index is 13.7. The van der Waals surface area contributed by atoms with Crippen molar-refractivity contribution in [2.45, 2.75) is 78.9 Å². The lowest BCUT2D eigenvalue weighted by molar-refractivity contribution is 0.410. The average molecular weight is 510 g/mol. The standard InChI is InChI=1S/C27H35N5O5/c1-5-8-15-29-22-21(25(35)30(27(29)36)16-9-6-2)32-24(34)20(10-7-3)23(33)31(26(32)28-22)17-18-11-13-19(37-4)14-12-18/h11-14,33H,5-10,15-17H2,1-4H3. The lowest BCUT2D eigenvalue weighted by Crippen LogP contribution is -2.41. The quantitative estimate of drug-likeness (QED) is 0.332. The molecule has 0 aliphatic rings. The molecule has 3 aromatic heterocycles. The highest BCUT2D eigenvalue weighted by atomic mass is 16.5. The van der Waals surface area contributed by atoms with Gasteiger partial charge in [-0.15, -0.1) is 0 Å². The summed E-state index contributed by atoms with van der Waals surface area (Å²) in [6, 6.07) is 7.36. The monoisotopic (exact) mass is 509 g/mol. The highest BCUT2D eigenvalue weighted by Gasteiger charge is 2.25. The summed E-state index contributed by atoms with van der Waals surface area (Å²) in [5, 5.41) is 11.2. The second kappa shape index (κ2) is 11.1. The van der Waals surface area contributed by atoms with E-state index >= 15 is 0 Å². The SMILES string of the molecule is CCCCn1c(=O)c2c(nc3n(Cc4ccc(OC)cc4)c(O)c(CCC)c(=O)n23)n(CCCC)c1=O. The van der Waals surface area contributed by atoms with Gasteiger partial charge in [-0.2, -0.15) is 4.98 Å². The van der Waals surface area contributed by atoms with Crippen LogP contribution in [0.4, 0.5) is 0 Å². The molecule has 0 bridgehead atoms. The number of ether oxygens (including phenoxy) is 1. The molecule has 0 spiro atoms. The molecule has 0 fully saturated rings. The molecule has 10 heteroatoms. The summed E-state index contributed by atoms with van der Waals surface area (Å²) >= 11 is 0. The number of nitrogens with zero attached hydrogens (tertiary/aromatic N) is 5. The molecule has 3 heterocycles. The Labute approximate surface area is 214 Å². The largest absolute Gasteiger partial charge is 0.497 e. The fraction of sp³-hybridized carbons (Fsp3) is 0.481. The third kappa shape index (κ3) is 4.68. The molecule has 0 saturated heterocycles. The summed E-state index contributed by atoms with van der Waals surface area (Å²) in [6.07, 6.45) is 4.01. The molecule has 0 unspecified atom stereocenters. The Morgan fingerprint density at radius 2 is 1.51 bits per heavy atom. The van der Waals surface area contributed by atoms with Crippen LogP contribution in [0.2, 0.25) is 0 Å². The molecule has 0 radical (unpaired) electrons. The van der Waals surface area contributed by atoms with Gasteiger partial charge in [0.1, 0.15) is 5.75 Å². The van der Waals surface area contributed by atoms with E-state index in [0.29, 0.717) is 31.6 Å².